The minimum atomic E-state index is 0.227. The van der Waals surface area contributed by atoms with E-state index in [0.717, 1.165) is 5.69 Å². The van der Waals surface area contributed by atoms with E-state index in [4.69, 9.17) is 21.9 Å². The van der Waals surface area contributed by atoms with Gasteiger partial charge in [0.1, 0.15) is 5.88 Å². The lowest BCUT2D eigenvalue weighted by atomic mass is 10.4. The van der Waals surface area contributed by atoms with Crippen molar-refractivity contribution in [1.82, 2.24) is 5.27 Å². The second-order valence-electron chi connectivity index (χ2n) is 2.56. The van der Waals surface area contributed by atoms with Crippen LogP contribution >= 0.6 is 11.6 Å². The summed E-state index contributed by atoms with van der Waals surface area (Å²) in [5.74, 6) is 0.627. The second-order valence-corrected chi connectivity index (χ2v) is 2.82. The van der Waals surface area contributed by atoms with E-state index in [1.54, 1.807) is 4.68 Å². The summed E-state index contributed by atoms with van der Waals surface area (Å²) in [4.78, 5) is 0. The van der Waals surface area contributed by atoms with Crippen molar-refractivity contribution in [3.8, 4) is 0 Å². The Hall–Kier alpha value is -0.770. The molecule has 0 atom stereocenters. The molecule has 4 nitrogen and oxygen atoms in total. The van der Waals surface area contributed by atoms with Gasteiger partial charge < -0.3 is 5.73 Å². The highest BCUT2D eigenvalue weighted by Gasteiger charge is 2.23. The molecule has 0 saturated carbocycles. The normalized spacial score (nSPS) is 10.9. The van der Waals surface area contributed by atoms with E-state index >= 15 is 0 Å². The molecular formula is C6H11ClN3O+. The molecule has 1 aromatic rings. The second kappa shape index (κ2) is 3.09. The predicted octanol–water partition coefficient (Wildman–Crippen LogP) is 0.864. The molecule has 0 spiro atoms. The molecule has 0 bridgehead atoms. The molecule has 0 radical (unpaired) electrons. The van der Waals surface area contributed by atoms with E-state index in [1.807, 2.05) is 13.8 Å². The zero-order valence-corrected chi connectivity index (χ0v) is 7.30. The summed E-state index contributed by atoms with van der Waals surface area (Å²) in [6.45, 7) is 3.97. The fourth-order valence-electron chi connectivity index (χ4n) is 0.836. The van der Waals surface area contributed by atoms with Gasteiger partial charge in [-0.05, 0) is 4.68 Å². The molecule has 0 aliphatic heterocycles. The van der Waals surface area contributed by atoms with Gasteiger partial charge in [-0.1, -0.05) is 0 Å². The molecule has 1 aromatic heterocycles. The highest BCUT2D eigenvalue weighted by Crippen LogP contribution is 2.09. The lowest BCUT2D eigenvalue weighted by Crippen LogP contribution is -2.41. The molecule has 0 aliphatic rings. The van der Waals surface area contributed by atoms with Crippen molar-refractivity contribution in [3.05, 3.63) is 5.69 Å². The van der Waals surface area contributed by atoms with E-state index in [1.165, 1.54) is 0 Å². The van der Waals surface area contributed by atoms with Crippen LogP contribution in [0, 0.1) is 0 Å². The Morgan fingerprint density at radius 1 is 1.73 bits per heavy atom. The van der Waals surface area contributed by atoms with Gasteiger partial charge in [-0.3, -0.25) is 4.52 Å². The number of alkyl halides is 1. The molecule has 0 fully saturated rings. The third-order valence-corrected chi connectivity index (χ3v) is 1.66. The number of hydrogen-bond donors (Lipinski definition) is 1. The van der Waals surface area contributed by atoms with Gasteiger partial charge in [0, 0.05) is 13.8 Å². The SMILES string of the molecule is CC(C)[n+]1noc(N)c1CCl. The quantitative estimate of drug-likeness (QED) is 0.537. The van der Waals surface area contributed by atoms with Gasteiger partial charge in [-0.15, -0.1) is 11.6 Å². The van der Waals surface area contributed by atoms with Crippen LogP contribution in [-0.2, 0) is 5.88 Å². The van der Waals surface area contributed by atoms with Crippen LogP contribution in [0.5, 0.6) is 0 Å². The molecular weight excluding hydrogens is 166 g/mol. The minimum absolute atomic E-state index is 0.227. The maximum Gasteiger partial charge on any atom is 0.297 e. The average molecular weight is 177 g/mol. The van der Waals surface area contributed by atoms with Gasteiger partial charge in [0.05, 0.1) is 0 Å². The molecule has 62 valence electrons. The van der Waals surface area contributed by atoms with Crippen molar-refractivity contribution in [1.29, 1.82) is 0 Å². The Morgan fingerprint density at radius 2 is 2.36 bits per heavy atom. The van der Waals surface area contributed by atoms with Gasteiger partial charge >= 0.3 is 0 Å². The van der Waals surface area contributed by atoms with E-state index in [-0.39, 0.29) is 6.04 Å². The van der Waals surface area contributed by atoms with Crippen LogP contribution in [0.4, 0.5) is 5.88 Å². The highest BCUT2D eigenvalue weighted by molar-refractivity contribution is 6.17. The first-order valence-corrected chi connectivity index (χ1v) is 3.92. The molecule has 0 aliphatic carbocycles. The van der Waals surface area contributed by atoms with Gasteiger partial charge in [0.2, 0.25) is 5.27 Å². The molecule has 0 saturated heterocycles. The van der Waals surface area contributed by atoms with Crippen LogP contribution in [0.15, 0.2) is 4.52 Å². The molecule has 11 heavy (non-hydrogen) atoms. The smallest absolute Gasteiger partial charge is 0.297 e. The predicted molar refractivity (Wildman–Crippen MR) is 41.1 cm³/mol. The van der Waals surface area contributed by atoms with Gasteiger partial charge in [0.15, 0.2) is 6.04 Å². The Morgan fingerprint density at radius 3 is 2.73 bits per heavy atom. The van der Waals surface area contributed by atoms with Crippen molar-refractivity contribution >= 4 is 17.5 Å². The zero-order chi connectivity index (χ0) is 8.43. The standard InChI is InChI=1S/C6H11ClN3O/c1-4(2)10-5(3-7)6(8)11-9-10/h4H,3,8H2,1-2H3/q+1. The van der Waals surface area contributed by atoms with Gasteiger partial charge in [0.25, 0.3) is 11.6 Å². The number of nitrogen functional groups attached to an aromatic ring is 1. The molecule has 0 unspecified atom stereocenters. The summed E-state index contributed by atoms with van der Waals surface area (Å²) >= 11 is 5.62. The van der Waals surface area contributed by atoms with Crippen molar-refractivity contribution in [2.45, 2.75) is 25.8 Å². The van der Waals surface area contributed by atoms with Crippen LogP contribution in [0.1, 0.15) is 25.6 Å². The van der Waals surface area contributed by atoms with Crippen molar-refractivity contribution in [3.63, 3.8) is 0 Å². The summed E-state index contributed by atoms with van der Waals surface area (Å²) in [6.07, 6.45) is 0. The lowest BCUT2D eigenvalue weighted by molar-refractivity contribution is -0.784. The molecule has 0 aromatic carbocycles. The van der Waals surface area contributed by atoms with Crippen molar-refractivity contribution < 1.29 is 9.20 Å². The number of nitrogens with two attached hydrogens (primary N) is 1. The summed E-state index contributed by atoms with van der Waals surface area (Å²) in [6, 6.07) is 0.227. The summed E-state index contributed by atoms with van der Waals surface area (Å²) < 4.78 is 6.42. The Bertz CT molecular complexity index is 246. The molecule has 5 heteroatoms. The van der Waals surface area contributed by atoms with Crippen LogP contribution in [0.25, 0.3) is 0 Å². The van der Waals surface area contributed by atoms with E-state index < -0.39 is 0 Å². The Labute approximate surface area is 69.9 Å². The molecule has 0 amide bonds. The maximum absolute atomic E-state index is 5.62. The summed E-state index contributed by atoms with van der Waals surface area (Å²) in [5, 5.41) is 3.72. The topological polar surface area (TPSA) is 55.9 Å². The first-order chi connectivity index (χ1) is 5.16. The number of nitrogens with zero attached hydrogens (tertiary/aromatic N) is 2. The fourth-order valence-corrected chi connectivity index (χ4v) is 1.09. The van der Waals surface area contributed by atoms with Crippen LogP contribution in [0.2, 0.25) is 0 Å². The third kappa shape index (κ3) is 1.45. The third-order valence-electron chi connectivity index (χ3n) is 1.40. The number of anilines is 1. The summed E-state index contributed by atoms with van der Waals surface area (Å²) in [7, 11) is 0. The largest absolute Gasteiger partial charge is 0.362 e. The van der Waals surface area contributed by atoms with Crippen LogP contribution in [-0.4, -0.2) is 5.27 Å². The molecule has 1 heterocycles. The van der Waals surface area contributed by atoms with E-state index in [0.29, 0.717) is 11.8 Å². The first-order valence-electron chi connectivity index (χ1n) is 3.38. The number of rotatable bonds is 2. The number of hydrogen-bond acceptors (Lipinski definition) is 3. The molecule has 1 rings (SSSR count). The number of halogens is 1. The Kier molecular flexibility index (Phi) is 2.34. The zero-order valence-electron chi connectivity index (χ0n) is 6.54. The lowest BCUT2D eigenvalue weighted by Gasteiger charge is -1.91. The first kappa shape index (κ1) is 8.33. The van der Waals surface area contributed by atoms with Crippen molar-refractivity contribution in [2.75, 3.05) is 5.73 Å². The molecule has 2 N–H and O–H groups in total. The Balaban J connectivity index is 3.05. The minimum Gasteiger partial charge on any atom is -0.362 e. The van der Waals surface area contributed by atoms with Crippen molar-refractivity contribution in [2.24, 2.45) is 0 Å². The van der Waals surface area contributed by atoms with Gasteiger partial charge in [-0.2, -0.15) is 0 Å². The summed E-state index contributed by atoms with van der Waals surface area (Å²) in [5.41, 5.74) is 6.19. The highest BCUT2D eigenvalue weighted by atomic mass is 35.5. The van der Waals surface area contributed by atoms with Gasteiger partial charge in [-0.25, -0.2) is 0 Å². The van der Waals surface area contributed by atoms with Crippen LogP contribution in [0.3, 0.4) is 0 Å². The monoisotopic (exact) mass is 176 g/mol. The van der Waals surface area contributed by atoms with E-state index in [9.17, 15) is 0 Å². The maximum atomic E-state index is 5.62. The number of aromatic nitrogens is 2. The van der Waals surface area contributed by atoms with Crippen LogP contribution < -0.4 is 10.4 Å². The van der Waals surface area contributed by atoms with E-state index in [2.05, 4.69) is 5.27 Å². The average Bonchev–Trinajstić information content (AvgIpc) is 2.30. The fraction of sp³-hybridized carbons (Fsp3) is 0.667.